The van der Waals surface area contributed by atoms with Crippen molar-refractivity contribution in [3.8, 4) is 0 Å². The summed E-state index contributed by atoms with van der Waals surface area (Å²) in [6, 6.07) is 0. The number of amides is 1. The van der Waals surface area contributed by atoms with Gasteiger partial charge in [0, 0.05) is 33.0 Å². The molecule has 1 aliphatic carbocycles. The number of carbonyl (C=O) groups is 1. The summed E-state index contributed by atoms with van der Waals surface area (Å²) in [5, 5.41) is 11.2. The quantitative estimate of drug-likeness (QED) is 0.257. The second-order valence-electron chi connectivity index (χ2n) is 7.76. The Morgan fingerprint density at radius 2 is 2.07 bits per heavy atom. The largest absolute Gasteiger partial charge is 0.348 e. The molecule has 1 amide bonds. The summed E-state index contributed by atoms with van der Waals surface area (Å²) in [4.78, 5) is 14.2. The van der Waals surface area contributed by atoms with Crippen molar-refractivity contribution in [1.29, 1.82) is 5.41 Å². The lowest BCUT2D eigenvalue weighted by atomic mass is 9.97. The van der Waals surface area contributed by atoms with Crippen molar-refractivity contribution in [2.75, 3.05) is 12.8 Å². The summed E-state index contributed by atoms with van der Waals surface area (Å²) in [6.07, 6.45) is 12.4. The van der Waals surface area contributed by atoms with E-state index in [1.807, 2.05) is 6.26 Å². The SMILES string of the molecule is C=C(SC)SC1=C(C)C(C)CCC(C(=O)NCC(/C=C(\C)CC)=C/CCC)=C1C=N. The Morgan fingerprint density at radius 1 is 1.37 bits per heavy atom. The molecule has 5 heteroatoms. The van der Waals surface area contributed by atoms with Crippen molar-refractivity contribution in [2.45, 2.75) is 66.7 Å². The fourth-order valence-corrected chi connectivity index (χ4v) is 4.65. The number of rotatable bonds is 11. The second-order valence-corrected chi connectivity index (χ2v) is 10.0. The minimum atomic E-state index is -0.0618. The molecule has 1 rings (SSSR count). The Labute approximate surface area is 192 Å². The molecule has 3 nitrogen and oxygen atoms in total. The van der Waals surface area contributed by atoms with Gasteiger partial charge in [0.15, 0.2) is 0 Å². The summed E-state index contributed by atoms with van der Waals surface area (Å²) in [6.45, 7) is 15.4. The third-order valence-corrected chi connectivity index (χ3v) is 7.67. The highest BCUT2D eigenvalue weighted by Gasteiger charge is 2.25. The van der Waals surface area contributed by atoms with Crippen molar-refractivity contribution in [3.05, 3.63) is 55.7 Å². The highest BCUT2D eigenvalue weighted by Crippen LogP contribution is 2.42. The van der Waals surface area contributed by atoms with Gasteiger partial charge < -0.3 is 10.7 Å². The number of allylic oxidation sites excluding steroid dienone is 4. The van der Waals surface area contributed by atoms with E-state index in [1.54, 1.807) is 23.5 Å². The maximum absolute atomic E-state index is 13.2. The fourth-order valence-electron chi connectivity index (χ4n) is 3.18. The molecule has 30 heavy (non-hydrogen) atoms. The molecule has 1 aliphatic rings. The van der Waals surface area contributed by atoms with Crippen LogP contribution >= 0.6 is 23.5 Å². The Morgan fingerprint density at radius 3 is 2.63 bits per heavy atom. The van der Waals surface area contributed by atoms with E-state index >= 15 is 0 Å². The summed E-state index contributed by atoms with van der Waals surface area (Å²) < 4.78 is 0.975. The molecule has 0 fully saturated rings. The van der Waals surface area contributed by atoms with Crippen LogP contribution in [0.3, 0.4) is 0 Å². The van der Waals surface area contributed by atoms with Crippen molar-refractivity contribution in [2.24, 2.45) is 5.92 Å². The lowest BCUT2D eigenvalue weighted by Crippen LogP contribution is -2.28. The Hall–Kier alpha value is -1.46. The van der Waals surface area contributed by atoms with Gasteiger partial charge in [-0.2, -0.15) is 0 Å². The summed E-state index contributed by atoms with van der Waals surface area (Å²) in [5.41, 5.74) is 5.16. The van der Waals surface area contributed by atoms with Gasteiger partial charge in [0.1, 0.15) is 0 Å². The zero-order valence-electron chi connectivity index (χ0n) is 19.5. The van der Waals surface area contributed by atoms with E-state index in [-0.39, 0.29) is 5.91 Å². The predicted molar refractivity (Wildman–Crippen MR) is 137 cm³/mol. The van der Waals surface area contributed by atoms with Gasteiger partial charge in [0.05, 0.1) is 0 Å². The molecule has 0 aromatic rings. The van der Waals surface area contributed by atoms with Crippen molar-refractivity contribution < 1.29 is 4.79 Å². The molecule has 0 bridgehead atoms. The first-order valence-corrected chi connectivity index (χ1v) is 12.8. The van der Waals surface area contributed by atoms with Crippen LogP contribution < -0.4 is 5.32 Å². The molecule has 0 spiro atoms. The second kappa shape index (κ2) is 13.8. The van der Waals surface area contributed by atoms with Gasteiger partial charge in [0.2, 0.25) is 5.91 Å². The Bertz CT molecular complexity index is 772. The van der Waals surface area contributed by atoms with Crippen molar-refractivity contribution in [3.63, 3.8) is 0 Å². The van der Waals surface area contributed by atoms with Gasteiger partial charge >= 0.3 is 0 Å². The molecular formula is C25H38N2OS2. The van der Waals surface area contributed by atoms with Crippen LogP contribution in [0.4, 0.5) is 0 Å². The van der Waals surface area contributed by atoms with Crippen LogP contribution in [-0.2, 0) is 4.79 Å². The van der Waals surface area contributed by atoms with Crippen LogP contribution in [0.2, 0.25) is 0 Å². The molecule has 1 unspecified atom stereocenters. The third-order valence-electron chi connectivity index (χ3n) is 5.49. The lowest BCUT2D eigenvalue weighted by molar-refractivity contribution is -0.117. The monoisotopic (exact) mass is 446 g/mol. The first kappa shape index (κ1) is 26.6. The van der Waals surface area contributed by atoms with Crippen LogP contribution in [0, 0.1) is 11.3 Å². The number of nitrogens with one attached hydrogen (secondary N) is 2. The van der Waals surface area contributed by atoms with Crippen molar-refractivity contribution >= 4 is 35.6 Å². The van der Waals surface area contributed by atoms with Crippen LogP contribution in [0.5, 0.6) is 0 Å². The molecule has 2 N–H and O–H groups in total. The average molecular weight is 447 g/mol. The molecule has 0 radical (unpaired) electrons. The first-order chi connectivity index (χ1) is 14.3. The van der Waals surface area contributed by atoms with Crippen molar-refractivity contribution in [1.82, 2.24) is 5.32 Å². The minimum absolute atomic E-state index is 0.0618. The highest BCUT2D eigenvalue weighted by molar-refractivity contribution is 8.23. The molecule has 1 atom stereocenters. The molecule has 166 valence electrons. The number of hydrogen-bond acceptors (Lipinski definition) is 4. The molecule has 0 aromatic heterocycles. The van der Waals surface area contributed by atoms with Crippen LogP contribution in [-0.4, -0.2) is 24.9 Å². The van der Waals surface area contributed by atoms with E-state index in [0.717, 1.165) is 51.5 Å². The number of carbonyl (C=O) groups excluding carboxylic acids is 1. The van der Waals surface area contributed by atoms with E-state index in [1.165, 1.54) is 17.4 Å². The van der Waals surface area contributed by atoms with Crippen LogP contribution in [0.25, 0.3) is 0 Å². The number of thioether (sulfide) groups is 2. The maximum Gasteiger partial charge on any atom is 0.248 e. The molecule has 0 heterocycles. The van der Waals surface area contributed by atoms with Gasteiger partial charge in [-0.1, -0.05) is 68.8 Å². The average Bonchev–Trinajstić information content (AvgIpc) is 2.86. The van der Waals surface area contributed by atoms with Gasteiger partial charge in [-0.3, -0.25) is 4.79 Å². The predicted octanol–water partition coefficient (Wildman–Crippen LogP) is 7.40. The Kier molecular flexibility index (Phi) is 12.2. The lowest BCUT2D eigenvalue weighted by Gasteiger charge is -2.16. The minimum Gasteiger partial charge on any atom is -0.348 e. The van der Waals surface area contributed by atoms with Crippen LogP contribution in [0.1, 0.15) is 66.7 Å². The van der Waals surface area contributed by atoms with Gasteiger partial charge in [-0.15, -0.1) is 11.8 Å². The summed E-state index contributed by atoms with van der Waals surface area (Å²) in [7, 11) is 0. The van der Waals surface area contributed by atoms with E-state index in [0.29, 0.717) is 18.9 Å². The first-order valence-electron chi connectivity index (χ1n) is 10.8. The normalized spacial score (nSPS) is 18.4. The molecular weight excluding hydrogens is 408 g/mol. The molecule has 0 saturated carbocycles. The van der Waals surface area contributed by atoms with Gasteiger partial charge in [-0.25, -0.2) is 0 Å². The molecule has 0 saturated heterocycles. The zero-order valence-corrected chi connectivity index (χ0v) is 21.1. The fraction of sp³-hybridized carbons (Fsp3) is 0.520. The Balaban J connectivity index is 3.19. The molecule has 0 aromatic carbocycles. The van der Waals surface area contributed by atoms with Crippen LogP contribution in [0.15, 0.2) is 55.7 Å². The van der Waals surface area contributed by atoms with Gasteiger partial charge in [-0.05, 0) is 57.3 Å². The van der Waals surface area contributed by atoms with E-state index in [9.17, 15) is 4.79 Å². The standard InChI is InChI=1S/C25H38N2OS2/c1-8-10-11-21(14-17(3)9-2)16-27-25(28)22-13-12-18(4)19(5)24(23(22)15-26)30-20(6)29-7/h11,14-15,18,26H,6,8-10,12-13,16H2,1-5,7H3,(H,27,28)/b17-14+,21-11+,26-15?. The summed E-state index contributed by atoms with van der Waals surface area (Å²) >= 11 is 3.19. The topological polar surface area (TPSA) is 53.0 Å². The summed E-state index contributed by atoms with van der Waals surface area (Å²) in [5.74, 6) is 0.311. The smallest absolute Gasteiger partial charge is 0.248 e. The number of unbranched alkanes of at least 4 members (excludes halogenated alkanes) is 1. The third kappa shape index (κ3) is 7.99. The van der Waals surface area contributed by atoms with E-state index in [2.05, 4.69) is 58.7 Å². The van der Waals surface area contributed by atoms with E-state index < -0.39 is 0 Å². The highest BCUT2D eigenvalue weighted by atomic mass is 32.2. The van der Waals surface area contributed by atoms with E-state index in [4.69, 9.17) is 5.41 Å². The number of hydrogen-bond donors (Lipinski definition) is 2. The molecule has 0 aliphatic heterocycles. The van der Waals surface area contributed by atoms with Gasteiger partial charge in [0.25, 0.3) is 0 Å². The zero-order chi connectivity index (χ0) is 22.7. The maximum atomic E-state index is 13.2.